The monoisotopic (exact) mass is 798 g/mol. The molecule has 1 aromatic heterocycles. The number of aromatic nitrogens is 3. The highest BCUT2D eigenvalue weighted by Crippen LogP contribution is 2.60. The minimum Gasteiger partial charge on any atom is -0.497 e. The third kappa shape index (κ3) is 7.38. The molecule has 12 heteroatoms. The fourth-order valence-corrected chi connectivity index (χ4v) is 13.9. The van der Waals surface area contributed by atoms with Gasteiger partial charge in [-0.3, -0.25) is 14.3 Å². The highest BCUT2D eigenvalue weighted by Gasteiger charge is 2.66. The maximum Gasteiger partial charge on any atom is 0.264 e. The van der Waals surface area contributed by atoms with Crippen LogP contribution in [0.15, 0.2) is 109 Å². The van der Waals surface area contributed by atoms with Crippen molar-refractivity contribution in [3.8, 4) is 5.75 Å². The second-order valence-electron chi connectivity index (χ2n) is 16.6. The van der Waals surface area contributed by atoms with Gasteiger partial charge in [0, 0.05) is 36.5 Å². The first-order valence-electron chi connectivity index (χ1n) is 20.5. The number of rotatable bonds is 13. The van der Waals surface area contributed by atoms with Crippen LogP contribution in [0.25, 0.3) is 0 Å². The number of methoxy groups -OCH3 is 1. The number of aryl methyl sites for hydroxylation is 1. The van der Waals surface area contributed by atoms with E-state index in [2.05, 4.69) is 59.2 Å². The van der Waals surface area contributed by atoms with E-state index in [0.717, 1.165) is 53.2 Å². The van der Waals surface area contributed by atoms with E-state index in [1.807, 2.05) is 101 Å². The molecule has 302 valence electrons. The average Bonchev–Trinajstić information content (AvgIpc) is 3.91. The number of hydrogen-bond acceptors (Lipinski definition) is 8. The molecule has 3 N–H and O–H groups in total. The van der Waals surface area contributed by atoms with Gasteiger partial charge in [0.2, 0.25) is 5.91 Å². The topological polar surface area (TPSA) is 131 Å². The molecule has 3 aliphatic heterocycles. The van der Waals surface area contributed by atoms with Gasteiger partial charge in [0.15, 0.2) is 5.60 Å². The highest BCUT2D eigenvalue weighted by molar-refractivity contribution is 6.91. The van der Waals surface area contributed by atoms with E-state index in [0.29, 0.717) is 31.7 Å². The SMILES string of the molecule is COc1ccc([Si](C)(C)[C@H]2[C@H](CCn3cc(C(CO)c4ccccc4)nn3)O[C@@]3(C(=O)N(Cc4cccc(NC(=O)C5CCCNC5)c4)c4ccccc43)[C@@H]2C)cc1. The molecule has 8 rings (SSSR count). The van der Waals surface area contributed by atoms with E-state index in [9.17, 15) is 9.90 Å². The summed E-state index contributed by atoms with van der Waals surface area (Å²) < 4.78 is 14.7. The van der Waals surface area contributed by atoms with Gasteiger partial charge in [0.05, 0.1) is 57.7 Å². The number of aliphatic hydroxyl groups excluding tert-OH is 1. The Morgan fingerprint density at radius 3 is 2.57 bits per heavy atom. The zero-order valence-corrected chi connectivity index (χ0v) is 34.8. The molecule has 0 aliphatic carbocycles. The van der Waals surface area contributed by atoms with E-state index in [1.165, 1.54) is 5.19 Å². The van der Waals surface area contributed by atoms with E-state index >= 15 is 4.79 Å². The van der Waals surface area contributed by atoms with Crippen LogP contribution < -0.4 is 25.5 Å². The van der Waals surface area contributed by atoms with Crippen molar-refractivity contribution < 1.29 is 24.2 Å². The lowest BCUT2D eigenvalue weighted by Gasteiger charge is -2.37. The molecule has 1 spiro atoms. The zero-order chi connectivity index (χ0) is 40.4. The minimum atomic E-state index is -2.36. The summed E-state index contributed by atoms with van der Waals surface area (Å²) in [6.07, 6.45) is 4.13. The number of benzene rings is 4. The molecular formula is C46H54N6O5Si. The van der Waals surface area contributed by atoms with Crippen molar-refractivity contribution in [3.63, 3.8) is 0 Å². The van der Waals surface area contributed by atoms with Gasteiger partial charge in [-0.1, -0.05) is 103 Å². The largest absolute Gasteiger partial charge is 0.497 e. The Morgan fingerprint density at radius 2 is 1.83 bits per heavy atom. The lowest BCUT2D eigenvalue weighted by atomic mass is 9.82. The van der Waals surface area contributed by atoms with Crippen LogP contribution in [0.2, 0.25) is 18.6 Å². The number of nitrogens with one attached hydrogen (secondary N) is 2. The van der Waals surface area contributed by atoms with Crippen molar-refractivity contribution in [1.29, 1.82) is 0 Å². The second kappa shape index (κ2) is 16.6. The van der Waals surface area contributed by atoms with Gasteiger partial charge < -0.3 is 30.1 Å². The van der Waals surface area contributed by atoms with Crippen LogP contribution >= 0.6 is 0 Å². The number of ether oxygens (including phenoxy) is 2. The van der Waals surface area contributed by atoms with Crippen LogP contribution in [0.4, 0.5) is 11.4 Å². The molecule has 0 radical (unpaired) electrons. The average molecular weight is 799 g/mol. The van der Waals surface area contributed by atoms with Gasteiger partial charge in [-0.25, -0.2) is 0 Å². The summed E-state index contributed by atoms with van der Waals surface area (Å²) in [7, 11) is -0.682. The van der Waals surface area contributed by atoms with Crippen molar-refractivity contribution in [3.05, 3.63) is 132 Å². The zero-order valence-electron chi connectivity index (χ0n) is 33.8. The quantitative estimate of drug-likeness (QED) is 0.120. The fourth-order valence-electron chi connectivity index (χ4n) is 9.84. The molecule has 4 aromatic carbocycles. The Bertz CT molecular complexity index is 2230. The molecule has 2 amide bonds. The highest BCUT2D eigenvalue weighted by atomic mass is 28.3. The van der Waals surface area contributed by atoms with Gasteiger partial charge in [-0.15, -0.1) is 5.10 Å². The summed E-state index contributed by atoms with van der Waals surface area (Å²) in [5, 5.41) is 27.0. The normalized spacial score (nSPS) is 23.5. The maximum absolute atomic E-state index is 15.3. The van der Waals surface area contributed by atoms with Crippen molar-refractivity contribution >= 4 is 36.4 Å². The lowest BCUT2D eigenvalue weighted by molar-refractivity contribution is -0.146. The van der Waals surface area contributed by atoms with Crippen LogP contribution in [0.3, 0.4) is 0 Å². The lowest BCUT2D eigenvalue weighted by Crippen LogP contribution is -2.51. The number of carbonyl (C=O) groups is 2. The van der Waals surface area contributed by atoms with Crippen molar-refractivity contribution in [2.45, 2.75) is 75.5 Å². The van der Waals surface area contributed by atoms with Crippen molar-refractivity contribution in [1.82, 2.24) is 20.3 Å². The maximum atomic E-state index is 15.3. The van der Waals surface area contributed by atoms with Gasteiger partial charge >= 0.3 is 0 Å². The van der Waals surface area contributed by atoms with E-state index in [4.69, 9.17) is 9.47 Å². The molecule has 58 heavy (non-hydrogen) atoms. The van der Waals surface area contributed by atoms with Gasteiger partial charge in [-0.05, 0) is 72.8 Å². The van der Waals surface area contributed by atoms with Crippen LogP contribution in [0.1, 0.15) is 54.5 Å². The van der Waals surface area contributed by atoms with E-state index < -0.39 is 13.7 Å². The molecular weight excluding hydrogens is 745 g/mol. The Hall–Kier alpha value is -5.14. The second-order valence-corrected chi connectivity index (χ2v) is 21.3. The van der Waals surface area contributed by atoms with Gasteiger partial charge in [0.1, 0.15) is 5.75 Å². The number of amides is 2. The molecule has 2 saturated heterocycles. The van der Waals surface area contributed by atoms with Gasteiger partial charge in [0.25, 0.3) is 5.91 Å². The Morgan fingerprint density at radius 1 is 1.05 bits per heavy atom. The van der Waals surface area contributed by atoms with Crippen LogP contribution in [-0.4, -0.2) is 72.9 Å². The fraction of sp³-hybridized carbons (Fsp3) is 0.391. The summed E-state index contributed by atoms with van der Waals surface area (Å²) in [5.74, 6) is 0.271. The number of para-hydroxylation sites is 1. The standard InChI is InChI=1S/C46H54N6O5Si/c1-31-43(58(3,4)37-21-19-36(56-2)20-22-37)42(23-25-51-29-40(49-50-51)38(30-53)33-13-6-5-7-14-33)57-46(31)39-17-8-9-18-41(39)52(45(46)55)28-32-12-10-16-35(26-32)48-44(54)34-15-11-24-47-27-34/h5-10,12-14,16-22,26,29,31,34,38,42-43,47,53H,11,15,23-25,27-28,30H2,1-4H3,(H,48,54)/t31-,34?,38?,42+,43-,46+/m1/s1. The smallest absolute Gasteiger partial charge is 0.264 e. The van der Waals surface area contributed by atoms with Crippen molar-refractivity contribution in [2.75, 3.05) is 37.0 Å². The summed E-state index contributed by atoms with van der Waals surface area (Å²) in [5.41, 5.74) is 3.95. The number of hydrogen-bond donors (Lipinski definition) is 3. The Balaban J connectivity index is 1.10. The van der Waals surface area contributed by atoms with Crippen LogP contribution in [0.5, 0.6) is 5.75 Å². The summed E-state index contributed by atoms with van der Waals surface area (Å²) in [6, 6.07) is 34.2. The molecule has 0 bridgehead atoms. The molecule has 2 fully saturated rings. The molecule has 2 unspecified atom stereocenters. The predicted octanol–water partition coefficient (Wildman–Crippen LogP) is 6.20. The van der Waals surface area contributed by atoms with Gasteiger partial charge in [-0.2, -0.15) is 0 Å². The van der Waals surface area contributed by atoms with E-state index in [-0.39, 0.29) is 47.8 Å². The third-order valence-electron chi connectivity index (χ3n) is 12.9. The summed E-state index contributed by atoms with van der Waals surface area (Å²) in [6.45, 7) is 9.40. The molecule has 0 saturated carbocycles. The van der Waals surface area contributed by atoms with Crippen LogP contribution in [-0.2, 0) is 33.0 Å². The third-order valence-corrected chi connectivity index (χ3v) is 17.2. The number of carbonyl (C=O) groups excluding carboxylic acids is 2. The van der Waals surface area contributed by atoms with Crippen LogP contribution in [0, 0.1) is 11.8 Å². The number of nitrogens with zero attached hydrogens (tertiary/aromatic N) is 4. The number of anilines is 2. The molecule has 4 heterocycles. The minimum absolute atomic E-state index is 0.0197. The van der Waals surface area contributed by atoms with Crippen molar-refractivity contribution in [2.24, 2.45) is 11.8 Å². The Kier molecular flexibility index (Phi) is 11.4. The number of aliphatic hydroxyl groups is 1. The first kappa shape index (κ1) is 39.7. The first-order valence-corrected chi connectivity index (χ1v) is 23.6. The number of piperidine rings is 1. The van der Waals surface area contributed by atoms with E-state index in [1.54, 1.807) is 7.11 Å². The molecule has 11 nitrogen and oxygen atoms in total. The Labute approximate surface area is 341 Å². The molecule has 5 aromatic rings. The summed E-state index contributed by atoms with van der Waals surface area (Å²) in [4.78, 5) is 30.3. The number of fused-ring (bicyclic) bond motifs is 2. The first-order chi connectivity index (χ1) is 28.1. The summed E-state index contributed by atoms with van der Waals surface area (Å²) >= 11 is 0. The molecule has 6 atom stereocenters. The predicted molar refractivity (Wildman–Crippen MR) is 228 cm³/mol. The molecule has 3 aliphatic rings.